The van der Waals surface area contributed by atoms with Gasteiger partial charge in [0.2, 0.25) is 0 Å². The van der Waals surface area contributed by atoms with E-state index in [1.54, 1.807) is 57.7 Å². The van der Waals surface area contributed by atoms with Gasteiger partial charge in [-0.2, -0.15) is 52.7 Å². The van der Waals surface area contributed by atoms with Gasteiger partial charge in [0.1, 0.15) is 11.6 Å². The zero-order valence-corrected chi connectivity index (χ0v) is 41.5. The number of benzene rings is 10. The number of rotatable bonds is 7. The first-order chi connectivity index (χ1) is 38.7. The molecule has 0 fully saturated rings. The van der Waals surface area contributed by atoms with Crippen molar-refractivity contribution >= 4 is 43.6 Å². The molecule has 0 aliphatic carbocycles. The van der Waals surface area contributed by atoms with Crippen LogP contribution >= 0.6 is 0 Å². The van der Waals surface area contributed by atoms with E-state index < -0.39 is 29.0 Å². The fraction of sp³-hybridized carbons (Fsp3) is 0.0299. The van der Waals surface area contributed by atoms with E-state index in [2.05, 4.69) is 30.3 Å². The van der Waals surface area contributed by atoms with Crippen molar-refractivity contribution in [2.45, 2.75) is 12.4 Å². The van der Waals surface area contributed by atoms with Gasteiger partial charge in [0.05, 0.1) is 91.1 Å². The quantitative estimate of drug-likeness (QED) is 0.147. The average molecular weight is 1050 g/mol. The maximum absolute atomic E-state index is 15.4. The second-order valence-corrected chi connectivity index (χ2v) is 19.1. The van der Waals surface area contributed by atoms with Crippen molar-refractivity contribution in [2.24, 2.45) is 0 Å². The molecule has 0 unspecified atom stereocenters. The highest BCUT2D eigenvalue weighted by Gasteiger charge is 2.39. The minimum absolute atomic E-state index is 0.0199. The molecule has 0 saturated heterocycles. The van der Waals surface area contributed by atoms with Crippen LogP contribution in [-0.4, -0.2) is 9.13 Å². The lowest BCUT2D eigenvalue weighted by atomic mass is 9.94. The van der Waals surface area contributed by atoms with E-state index in [9.17, 15) is 39.5 Å². The topological polar surface area (TPSA) is 129 Å². The summed E-state index contributed by atoms with van der Waals surface area (Å²) in [4.78, 5) is 0. The van der Waals surface area contributed by atoms with E-state index in [0.29, 0.717) is 71.9 Å². The van der Waals surface area contributed by atoms with Gasteiger partial charge in [-0.15, -0.1) is 0 Å². The van der Waals surface area contributed by atoms with Crippen LogP contribution < -0.4 is 0 Å². The van der Waals surface area contributed by atoms with Crippen LogP contribution in [0.25, 0.3) is 111 Å². The van der Waals surface area contributed by atoms with Gasteiger partial charge in [0, 0.05) is 21.5 Å². The molecule has 12 aromatic rings. The Bertz CT molecular complexity index is 4270. The Balaban J connectivity index is 1.20. The summed E-state index contributed by atoms with van der Waals surface area (Å²) >= 11 is 0. The fourth-order valence-electron chi connectivity index (χ4n) is 10.7. The summed E-state index contributed by atoms with van der Waals surface area (Å²) in [6.07, 6.45) is -10.4. The first kappa shape index (κ1) is 49.7. The number of halogens is 6. The molecular weight excluding hydrogens is 1020 g/mol. The van der Waals surface area contributed by atoms with Crippen molar-refractivity contribution in [3.05, 3.63) is 239 Å². The molecule has 2 heterocycles. The van der Waals surface area contributed by atoms with Gasteiger partial charge in [0.15, 0.2) is 0 Å². The van der Waals surface area contributed by atoms with E-state index in [1.807, 2.05) is 121 Å². The van der Waals surface area contributed by atoms with E-state index >= 15 is 13.2 Å². The van der Waals surface area contributed by atoms with Crippen molar-refractivity contribution in [3.63, 3.8) is 0 Å². The Labute approximate surface area is 452 Å². The molecule has 0 aliphatic rings. The van der Waals surface area contributed by atoms with Crippen LogP contribution in [0.4, 0.5) is 26.3 Å². The Morgan fingerprint density at radius 1 is 0.287 bits per heavy atom. The zero-order chi connectivity index (χ0) is 55.6. The Kier molecular flexibility index (Phi) is 11.9. The molecule has 0 aliphatic heterocycles. The summed E-state index contributed by atoms with van der Waals surface area (Å²) in [7, 11) is 0. The molecule has 2 aromatic heterocycles. The van der Waals surface area contributed by atoms with Gasteiger partial charge in [-0.25, -0.2) is 0 Å². The monoisotopic (exact) mass is 1050 g/mol. The molecule has 12 rings (SSSR count). The normalized spacial score (nSPS) is 11.6. The number of aromatic nitrogens is 2. The molecule has 378 valence electrons. The van der Waals surface area contributed by atoms with Crippen molar-refractivity contribution in [1.29, 1.82) is 26.3 Å². The lowest BCUT2D eigenvalue weighted by Crippen LogP contribution is -2.12. The van der Waals surface area contributed by atoms with Gasteiger partial charge in [0.25, 0.3) is 0 Å². The number of hydrogen-bond donors (Lipinski definition) is 0. The summed E-state index contributed by atoms with van der Waals surface area (Å²) in [5, 5.41) is 52.7. The fourth-order valence-corrected chi connectivity index (χ4v) is 10.7. The van der Waals surface area contributed by atoms with Gasteiger partial charge in [-0.05, 0) is 177 Å². The van der Waals surface area contributed by atoms with Gasteiger partial charge in [-0.1, -0.05) is 78.9 Å². The molecule has 10 aromatic carbocycles. The highest BCUT2D eigenvalue weighted by Crippen LogP contribution is 2.46. The largest absolute Gasteiger partial charge is 0.417 e. The van der Waals surface area contributed by atoms with Gasteiger partial charge >= 0.3 is 12.4 Å². The Morgan fingerprint density at radius 3 is 0.850 bits per heavy atom. The Morgan fingerprint density at radius 2 is 0.588 bits per heavy atom. The third kappa shape index (κ3) is 8.57. The summed E-state index contributed by atoms with van der Waals surface area (Å²) in [6, 6.07) is 66.1. The maximum Gasteiger partial charge on any atom is 0.417 e. The molecule has 80 heavy (non-hydrogen) atoms. The standard InChI is InChI=1S/C67H33F6N7/c68-66(69,70)52-21-22-53(59(33-52)67(71,72)73)51-31-64(79-60-23-17-47(43-9-1-39(34-74)2-10-43)27-54(60)55-28-48(18-24-61(55)79)44-11-3-40(35-75)4-12-44)58(38-78)65(32-51)80-62-25-19-49(45-13-5-41(36-76)6-14-45)29-56(62)57-30-50(20-26-63(57)80)46-15-7-42(37-77)8-16-46/h1-33H. The third-order valence-corrected chi connectivity index (χ3v) is 14.6. The molecule has 0 saturated carbocycles. The number of nitrogens with zero attached hydrogens (tertiary/aromatic N) is 7. The van der Waals surface area contributed by atoms with Crippen LogP contribution in [0, 0.1) is 56.7 Å². The average Bonchev–Trinajstić information content (AvgIpc) is 4.23. The van der Waals surface area contributed by atoms with E-state index in [-0.39, 0.29) is 28.6 Å². The van der Waals surface area contributed by atoms with E-state index in [0.717, 1.165) is 50.6 Å². The van der Waals surface area contributed by atoms with E-state index in [4.69, 9.17) is 0 Å². The molecule has 13 heteroatoms. The first-order valence-corrected chi connectivity index (χ1v) is 24.7. The summed E-state index contributed by atoms with van der Waals surface area (Å²) in [5.41, 5.74) is 6.79. The smallest absolute Gasteiger partial charge is 0.308 e. The van der Waals surface area contributed by atoms with Crippen molar-refractivity contribution in [3.8, 4) is 97.4 Å². The first-order valence-electron chi connectivity index (χ1n) is 24.7. The number of alkyl halides is 6. The summed E-state index contributed by atoms with van der Waals surface area (Å²) in [5.74, 6) is 0. The molecule has 0 radical (unpaired) electrons. The predicted molar refractivity (Wildman–Crippen MR) is 296 cm³/mol. The third-order valence-electron chi connectivity index (χ3n) is 14.6. The lowest BCUT2D eigenvalue weighted by molar-refractivity contribution is -0.142. The molecule has 0 atom stereocenters. The van der Waals surface area contributed by atoms with Crippen molar-refractivity contribution in [2.75, 3.05) is 0 Å². The van der Waals surface area contributed by atoms with Crippen LogP contribution in [0.2, 0.25) is 0 Å². The highest BCUT2D eigenvalue weighted by atomic mass is 19.4. The SMILES string of the molecule is N#Cc1ccc(-c2ccc3c(c2)c2cc(-c4ccc(C#N)cc4)ccc2n3-c2cc(-c3ccc(C(F)(F)F)cc3C(F)(F)F)cc(-n3c4ccc(-c5ccc(C#N)cc5)cc4c4cc(-c5ccc(C#N)cc5)ccc43)c2C#N)cc1. The highest BCUT2D eigenvalue weighted by molar-refractivity contribution is 6.14. The lowest BCUT2D eigenvalue weighted by Gasteiger charge is -2.21. The second kappa shape index (κ2) is 19.1. The van der Waals surface area contributed by atoms with Crippen LogP contribution in [0.3, 0.4) is 0 Å². The van der Waals surface area contributed by atoms with E-state index in [1.165, 1.54) is 12.1 Å². The van der Waals surface area contributed by atoms with Crippen LogP contribution in [0.15, 0.2) is 200 Å². The maximum atomic E-state index is 15.4. The van der Waals surface area contributed by atoms with Gasteiger partial charge in [-0.3, -0.25) is 0 Å². The molecule has 0 N–H and O–H groups in total. The minimum Gasteiger partial charge on any atom is -0.308 e. The second-order valence-electron chi connectivity index (χ2n) is 19.1. The predicted octanol–water partition coefficient (Wildman–Crippen LogP) is 17.6. The van der Waals surface area contributed by atoms with Crippen LogP contribution in [0.5, 0.6) is 0 Å². The zero-order valence-electron chi connectivity index (χ0n) is 41.5. The minimum atomic E-state index is -5.27. The Hall–Kier alpha value is -11.2. The van der Waals surface area contributed by atoms with Crippen LogP contribution in [0.1, 0.15) is 38.9 Å². The summed E-state index contributed by atoms with van der Waals surface area (Å²) in [6.45, 7) is 0. The number of nitriles is 5. The number of fused-ring (bicyclic) bond motifs is 6. The van der Waals surface area contributed by atoms with Gasteiger partial charge < -0.3 is 9.13 Å². The van der Waals surface area contributed by atoms with Crippen LogP contribution in [-0.2, 0) is 12.4 Å². The molecule has 0 spiro atoms. The molecular formula is C67H33F6N7. The number of hydrogen-bond acceptors (Lipinski definition) is 5. The van der Waals surface area contributed by atoms with Crippen molar-refractivity contribution < 1.29 is 26.3 Å². The van der Waals surface area contributed by atoms with Crippen molar-refractivity contribution in [1.82, 2.24) is 9.13 Å². The molecule has 7 nitrogen and oxygen atoms in total. The molecule has 0 bridgehead atoms. The molecule has 0 amide bonds. The summed E-state index contributed by atoms with van der Waals surface area (Å²) < 4.78 is 92.7.